The lowest BCUT2D eigenvalue weighted by Gasteiger charge is -2.21. The van der Waals surface area contributed by atoms with Gasteiger partial charge in [-0.05, 0) is 30.2 Å². The molecule has 20 heavy (non-hydrogen) atoms. The summed E-state index contributed by atoms with van der Waals surface area (Å²) in [6.07, 6.45) is 0. The molecule has 0 spiro atoms. The molecule has 2 rings (SSSR count). The quantitative estimate of drug-likeness (QED) is 0.878. The number of hydrogen-bond donors (Lipinski definition) is 2. The summed E-state index contributed by atoms with van der Waals surface area (Å²) >= 11 is 0. The van der Waals surface area contributed by atoms with Crippen LogP contribution in [0.25, 0.3) is 0 Å². The van der Waals surface area contributed by atoms with E-state index in [4.69, 9.17) is 0 Å². The van der Waals surface area contributed by atoms with Crippen LogP contribution in [0, 0.1) is 5.82 Å². The molecule has 0 aliphatic carbocycles. The molecule has 0 aromatic heterocycles. The first-order valence-electron chi connectivity index (χ1n) is 6.37. The van der Waals surface area contributed by atoms with Crippen molar-refractivity contribution in [2.24, 2.45) is 0 Å². The van der Waals surface area contributed by atoms with E-state index in [2.05, 4.69) is 5.32 Å². The first-order chi connectivity index (χ1) is 9.58. The van der Waals surface area contributed by atoms with Crippen molar-refractivity contribution >= 4 is 5.97 Å². The highest BCUT2D eigenvalue weighted by molar-refractivity contribution is 5.75. The first-order valence-corrected chi connectivity index (χ1v) is 6.37. The third-order valence-electron chi connectivity index (χ3n) is 3.15. The van der Waals surface area contributed by atoms with Gasteiger partial charge in [-0.3, -0.25) is 10.1 Å². The van der Waals surface area contributed by atoms with Crippen LogP contribution in [0.4, 0.5) is 4.39 Å². The predicted octanol–water partition coefficient (Wildman–Crippen LogP) is 3.30. The van der Waals surface area contributed by atoms with Crippen LogP contribution in [-0.4, -0.2) is 11.1 Å². The largest absolute Gasteiger partial charge is 0.480 e. The number of carbonyl (C=O) groups is 1. The SMILES string of the molecule is C[C@@H](NC(C(=O)O)c1ccccc1)c1cccc(F)c1. The molecule has 104 valence electrons. The highest BCUT2D eigenvalue weighted by Gasteiger charge is 2.22. The van der Waals surface area contributed by atoms with Crippen molar-refractivity contribution in [3.8, 4) is 0 Å². The van der Waals surface area contributed by atoms with Gasteiger partial charge in [-0.1, -0.05) is 42.5 Å². The second-order valence-corrected chi connectivity index (χ2v) is 4.63. The molecule has 0 aliphatic rings. The fourth-order valence-corrected chi connectivity index (χ4v) is 2.08. The maximum atomic E-state index is 13.2. The van der Waals surface area contributed by atoms with Crippen LogP contribution in [0.3, 0.4) is 0 Å². The zero-order valence-electron chi connectivity index (χ0n) is 11.1. The first kappa shape index (κ1) is 14.2. The molecule has 0 radical (unpaired) electrons. The molecule has 0 bridgehead atoms. The molecule has 3 nitrogen and oxygen atoms in total. The highest BCUT2D eigenvalue weighted by Crippen LogP contribution is 2.20. The molecule has 0 amide bonds. The summed E-state index contributed by atoms with van der Waals surface area (Å²) in [6, 6.07) is 14.0. The molecule has 4 heteroatoms. The normalized spacial score (nSPS) is 13.7. The van der Waals surface area contributed by atoms with Crippen molar-refractivity contribution in [2.75, 3.05) is 0 Å². The predicted molar refractivity (Wildman–Crippen MR) is 74.8 cm³/mol. The van der Waals surface area contributed by atoms with Crippen molar-refractivity contribution in [2.45, 2.75) is 19.0 Å². The molecule has 0 aliphatic heterocycles. The number of carboxylic acid groups (broad SMARTS) is 1. The van der Waals surface area contributed by atoms with Gasteiger partial charge in [-0.25, -0.2) is 4.39 Å². The van der Waals surface area contributed by atoms with E-state index in [0.717, 1.165) is 0 Å². The molecule has 2 aromatic carbocycles. The molecule has 2 atom stereocenters. The summed E-state index contributed by atoms with van der Waals surface area (Å²) in [5, 5.41) is 12.4. The van der Waals surface area contributed by atoms with E-state index < -0.39 is 12.0 Å². The summed E-state index contributed by atoms with van der Waals surface area (Å²) < 4.78 is 13.2. The minimum Gasteiger partial charge on any atom is -0.480 e. The van der Waals surface area contributed by atoms with Crippen molar-refractivity contribution < 1.29 is 14.3 Å². The van der Waals surface area contributed by atoms with Gasteiger partial charge in [0.1, 0.15) is 11.9 Å². The number of halogens is 1. The average molecular weight is 273 g/mol. The Labute approximate surface area is 117 Å². The molecular formula is C16H16FNO2. The maximum Gasteiger partial charge on any atom is 0.325 e. The van der Waals surface area contributed by atoms with Crippen LogP contribution < -0.4 is 5.32 Å². The number of aliphatic carboxylic acids is 1. The topological polar surface area (TPSA) is 49.3 Å². The van der Waals surface area contributed by atoms with Gasteiger partial charge < -0.3 is 5.11 Å². The summed E-state index contributed by atoms with van der Waals surface area (Å²) in [4.78, 5) is 11.4. The summed E-state index contributed by atoms with van der Waals surface area (Å²) in [7, 11) is 0. The lowest BCUT2D eigenvalue weighted by atomic mass is 10.0. The van der Waals surface area contributed by atoms with Crippen LogP contribution in [0.2, 0.25) is 0 Å². The Morgan fingerprint density at radius 3 is 2.35 bits per heavy atom. The van der Waals surface area contributed by atoms with Gasteiger partial charge in [0, 0.05) is 6.04 Å². The Kier molecular flexibility index (Phi) is 4.48. The smallest absolute Gasteiger partial charge is 0.325 e. The Balaban J connectivity index is 2.19. The zero-order chi connectivity index (χ0) is 14.5. The van der Waals surface area contributed by atoms with Gasteiger partial charge in [-0.15, -0.1) is 0 Å². The highest BCUT2D eigenvalue weighted by atomic mass is 19.1. The van der Waals surface area contributed by atoms with E-state index in [1.807, 2.05) is 13.0 Å². The third-order valence-corrected chi connectivity index (χ3v) is 3.15. The van der Waals surface area contributed by atoms with Crippen LogP contribution in [-0.2, 0) is 4.79 Å². The van der Waals surface area contributed by atoms with Gasteiger partial charge in [0.2, 0.25) is 0 Å². The monoisotopic (exact) mass is 273 g/mol. The Bertz CT molecular complexity index is 586. The van der Waals surface area contributed by atoms with Crippen LogP contribution >= 0.6 is 0 Å². The molecule has 2 N–H and O–H groups in total. The van der Waals surface area contributed by atoms with Crippen molar-refractivity contribution in [1.82, 2.24) is 5.32 Å². The van der Waals surface area contributed by atoms with Gasteiger partial charge in [-0.2, -0.15) is 0 Å². The summed E-state index contributed by atoms with van der Waals surface area (Å²) in [5.41, 5.74) is 1.38. The Morgan fingerprint density at radius 1 is 1.10 bits per heavy atom. The summed E-state index contributed by atoms with van der Waals surface area (Å²) in [5.74, 6) is -1.29. The molecule has 0 fully saturated rings. The average Bonchev–Trinajstić information content (AvgIpc) is 2.45. The second-order valence-electron chi connectivity index (χ2n) is 4.63. The number of carboxylic acids is 1. The molecule has 0 saturated carbocycles. The molecular weight excluding hydrogens is 257 g/mol. The zero-order valence-corrected chi connectivity index (χ0v) is 11.1. The maximum absolute atomic E-state index is 13.2. The third kappa shape index (κ3) is 3.42. The van der Waals surface area contributed by atoms with Gasteiger partial charge in [0.15, 0.2) is 0 Å². The lowest BCUT2D eigenvalue weighted by molar-refractivity contribution is -0.139. The van der Waals surface area contributed by atoms with E-state index in [0.29, 0.717) is 11.1 Å². The Morgan fingerprint density at radius 2 is 1.75 bits per heavy atom. The number of benzene rings is 2. The minimum absolute atomic E-state index is 0.271. The van der Waals surface area contributed by atoms with Gasteiger partial charge in [0.25, 0.3) is 0 Å². The van der Waals surface area contributed by atoms with E-state index in [9.17, 15) is 14.3 Å². The summed E-state index contributed by atoms with van der Waals surface area (Å²) in [6.45, 7) is 1.81. The van der Waals surface area contributed by atoms with E-state index in [-0.39, 0.29) is 11.9 Å². The number of rotatable bonds is 5. The van der Waals surface area contributed by atoms with Crippen LogP contribution in [0.1, 0.15) is 30.1 Å². The lowest BCUT2D eigenvalue weighted by Crippen LogP contribution is -2.30. The molecule has 2 aromatic rings. The van der Waals surface area contributed by atoms with Crippen LogP contribution in [0.15, 0.2) is 54.6 Å². The molecule has 0 saturated heterocycles. The number of hydrogen-bond acceptors (Lipinski definition) is 2. The molecule has 1 unspecified atom stereocenters. The fourth-order valence-electron chi connectivity index (χ4n) is 2.08. The van der Waals surface area contributed by atoms with Gasteiger partial charge >= 0.3 is 5.97 Å². The second kappa shape index (κ2) is 6.30. The van der Waals surface area contributed by atoms with Gasteiger partial charge in [0.05, 0.1) is 0 Å². The standard InChI is InChI=1S/C16H16FNO2/c1-11(13-8-5-9-14(17)10-13)18-15(16(19)20)12-6-3-2-4-7-12/h2-11,15,18H,1H3,(H,19,20)/t11-,15?/m1/s1. The number of nitrogens with one attached hydrogen (secondary N) is 1. The fraction of sp³-hybridized carbons (Fsp3) is 0.188. The van der Waals surface area contributed by atoms with Crippen molar-refractivity contribution in [3.05, 3.63) is 71.5 Å². The Hall–Kier alpha value is -2.20. The van der Waals surface area contributed by atoms with E-state index >= 15 is 0 Å². The molecule has 0 heterocycles. The van der Waals surface area contributed by atoms with Crippen LogP contribution in [0.5, 0.6) is 0 Å². The van der Waals surface area contributed by atoms with Crippen molar-refractivity contribution in [3.63, 3.8) is 0 Å². The van der Waals surface area contributed by atoms with E-state index in [1.54, 1.807) is 36.4 Å². The van der Waals surface area contributed by atoms with Crippen molar-refractivity contribution in [1.29, 1.82) is 0 Å². The van der Waals surface area contributed by atoms with E-state index in [1.165, 1.54) is 12.1 Å². The minimum atomic E-state index is -0.959.